The van der Waals surface area contributed by atoms with E-state index in [1.54, 1.807) is 0 Å². The Morgan fingerprint density at radius 2 is 1.85 bits per heavy atom. The molecule has 3 fully saturated rings. The van der Waals surface area contributed by atoms with E-state index in [9.17, 15) is 5.11 Å². The number of aliphatic hydroxyl groups excluding tert-OH is 1. The fourth-order valence-corrected chi connectivity index (χ4v) is 5.21. The van der Waals surface area contributed by atoms with Crippen LogP contribution in [0.2, 0.25) is 0 Å². The van der Waals surface area contributed by atoms with Gasteiger partial charge in [0.15, 0.2) is 0 Å². The summed E-state index contributed by atoms with van der Waals surface area (Å²) >= 11 is 2.08. The molecule has 2 heterocycles. The van der Waals surface area contributed by atoms with Gasteiger partial charge < -0.3 is 15.2 Å². The van der Waals surface area contributed by atoms with E-state index < -0.39 is 0 Å². The van der Waals surface area contributed by atoms with Crippen LogP contribution in [0.5, 0.6) is 0 Å². The zero-order valence-electron chi connectivity index (χ0n) is 12.5. The third-order valence-corrected chi connectivity index (χ3v) is 6.39. The zero-order valence-corrected chi connectivity index (χ0v) is 13.3. The van der Waals surface area contributed by atoms with Gasteiger partial charge in [0.2, 0.25) is 0 Å². The van der Waals surface area contributed by atoms with Gasteiger partial charge in [-0.1, -0.05) is 0 Å². The molecule has 2 saturated heterocycles. The first-order chi connectivity index (χ1) is 9.76. The molecular formula is C16H29NO2S. The first-order valence-corrected chi connectivity index (χ1v) is 9.54. The Bertz CT molecular complexity index is 293. The van der Waals surface area contributed by atoms with Crippen molar-refractivity contribution < 1.29 is 9.84 Å². The van der Waals surface area contributed by atoms with Crippen LogP contribution in [0.4, 0.5) is 0 Å². The summed E-state index contributed by atoms with van der Waals surface area (Å²) in [5.41, 5.74) is 0.198. The molecule has 2 N–H and O–H groups in total. The van der Waals surface area contributed by atoms with Crippen LogP contribution in [0.1, 0.15) is 51.4 Å². The summed E-state index contributed by atoms with van der Waals surface area (Å²) in [5, 5.41) is 13.4. The average molecular weight is 299 g/mol. The van der Waals surface area contributed by atoms with Crippen LogP contribution in [-0.4, -0.2) is 47.5 Å². The first-order valence-electron chi connectivity index (χ1n) is 8.39. The molecule has 0 aromatic carbocycles. The second-order valence-electron chi connectivity index (χ2n) is 6.92. The third kappa shape index (κ3) is 3.90. The summed E-state index contributed by atoms with van der Waals surface area (Å²) in [6.07, 6.45) is 9.22. The second kappa shape index (κ2) is 6.99. The van der Waals surface area contributed by atoms with Crippen LogP contribution < -0.4 is 5.32 Å². The number of nitrogens with one attached hydrogen (secondary N) is 1. The van der Waals surface area contributed by atoms with Gasteiger partial charge in [0.1, 0.15) is 0 Å². The number of rotatable bonds is 3. The standard InChI is InChI=1S/C16H29NO2S/c18-15-3-1-13(2-4-15)12-17-14-5-8-19-16(11-14)6-9-20-10-7-16/h13-15,17-18H,1-12H2. The van der Waals surface area contributed by atoms with Crippen LogP contribution in [0.25, 0.3) is 0 Å². The van der Waals surface area contributed by atoms with Gasteiger partial charge in [-0.2, -0.15) is 11.8 Å². The molecule has 2 aliphatic heterocycles. The van der Waals surface area contributed by atoms with Gasteiger partial charge in [-0.25, -0.2) is 0 Å². The molecule has 0 amide bonds. The van der Waals surface area contributed by atoms with E-state index in [0.717, 1.165) is 31.9 Å². The Kier molecular flexibility index (Phi) is 5.29. The van der Waals surface area contributed by atoms with Gasteiger partial charge >= 0.3 is 0 Å². The van der Waals surface area contributed by atoms with Crippen LogP contribution in [0, 0.1) is 5.92 Å². The molecule has 1 aliphatic carbocycles. The number of aliphatic hydroxyl groups is 1. The van der Waals surface area contributed by atoms with Crippen molar-refractivity contribution in [3.8, 4) is 0 Å². The molecule has 1 saturated carbocycles. The highest BCUT2D eigenvalue weighted by Gasteiger charge is 2.38. The number of hydrogen-bond donors (Lipinski definition) is 2. The molecule has 116 valence electrons. The minimum atomic E-state index is -0.0302. The lowest BCUT2D eigenvalue weighted by Crippen LogP contribution is -2.49. The highest BCUT2D eigenvalue weighted by Crippen LogP contribution is 2.37. The summed E-state index contributed by atoms with van der Waals surface area (Å²) in [7, 11) is 0. The van der Waals surface area contributed by atoms with Crippen LogP contribution in [0.15, 0.2) is 0 Å². The van der Waals surface area contributed by atoms with Gasteiger partial charge in [0, 0.05) is 12.6 Å². The highest BCUT2D eigenvalue weighted by molar-refractivity contribution is 7.99. The van der Waals surface area contributed by atoms with Crippen molar-refractivity contribution in [2.45, 2.75) is 69.1 Å². The summed E-state index contributed by atoms with van der Waals surface area (Å²) in [5.74, 6) is 3.32. The molecule has 1 unspecified atom stereocenters. The normalized spacial score (nSPS) is 38.0. The van der Waals surface area contributed by atoms with E-state index in [0.29, 0.717) is 6.04 Å². The Balaban J connectivity index is 1.43. The lowest BCUT2D eigenvalue weighted by Gasteiger charge is -2.44. The largest absolute Gasteiger partial charge is 0.393 e. The Labute approximate surface area is 127 Å². The van der Waals surface area contributed by atoms with E-state index >= 15 is 0 Å². The van der Waals surface area contributed by atoms with Crippen molar-refractivity contribution in [2.75, 3.05) is 24.7 Å². The Hall–Kier alpha value is 0.230. The number of thioether (sulfide) groups is 1. The molecule has 4 heteroatoms. The van der Waals surface area contributed by atoms with Crippen LogP contribution >= 0.6 is 11.8 Å². The van der Waals surface area contributed by atoms with Gasteiger partial charge in [0.05, 0.1) is 11.7 Å². The smallest absolute Gasteiger partial charge is 0.0713 e. The molecule has 3 nitrogen and oxygen atoms in total. The van der Waals surface area contributed by atoms with Gasteiger partial charge in [-0.3, -0.25) is 0 Å². The second-order valence-corrected chi connectivity index (χ2v) is 8.14. The number of hydrogen-bond acceptors (Lipinski definition) is 4. The maximum Gasteiger partial charge on any atom is 0.0713 e. The fraction of sp³-hybridized carbons (Fsp3) is 1.00. The summed E-state index contributed by atoms with van der Waals surface area (Å²) in [6.45, 7) is 2.08. The summed E-state index contributed by atoms with van der Waals surface area (Å²) in [4.78, 5) is 0. The SMILES string of the molecule is OC1CCC(CNC2CCOC3(CCSCC3)C2)CC1. The molecule has 0 radical (unpaired) electrons. The molecule has 0 bridgehead atoms. The van der Waals surface area contributed by atoms with Gasteiger partial charge in [0.25, 0.3) is 0 Å². The predicted molar refractivity (Wildman–Crippen MR) is 84.2 cm³/mol. The quantitative estimate of drug-likeness (QED) is 0.840. The van der Waals surface area contributed by atoms with Crippen molar-refractivity contribution in [3.63, 3.8) is 0 Å². The van der Waals surface area contributed by atoms with Crippen LogP contribution in [0.3, 0.4) is 0 Å². The van der Waals surface area contributed by atoms with Crippen molar-refractivity contribution in [2.24, 2.45) is 5.92 Å². The topological polar surface area (TPSA) is 41.5 Å². The van der Waals surface area contributed by atoms with Crippen molar-refractivity contribution in [1.29, 1.82) is 0 Å². The van der Waals surface area contributed by atoms with E-state index in [4.69, 9.17) is 4.74 Å². The maximum absolute atomic E-state index is 9.57. The monoisotopic (exact) mass is 299 g/mol. The lowest BCUT2D eigenvalue weighted by molar-refractivity contribution is -0.0935. The van der Waals surface area contributed by atoms with Crippen LogP contribution in [-0.2, 0) is 4.74 Å². The maximum atomic E-state index is 9.57. The summed E-state index contributed by atoms with van der Waals surface area (Å²) < 4.78 is 6.16. The fourth-order valence-electron chi connectivity index (χ4n) is 3.98. The third-order valence-electron chi connectivity index (χ3n) is 5.41. The molecule has 1 atom stereocenters. The Morgan fingerprint density at radius 1 is 1.10 bits per heavy atom. The van der Waals surface area contributed by atoms with E-state index in [-0.39, 0.29) is 11.7 Å². The van der Waals surface area contributed by atoms with Gasteiger partial charge in [-0.05, 0) is 75.3 Å². The molecule has 3 rings (SSSR count). The van der Waals surface area contributed by atoms with Gasteiger partial charge in [-0.15, -0.1) is 0 Å². The molecule has 1 spiro atoms. The zero-order chi connectivity index (χ0) is 13.8. The highest BCUT2D eigenvalue weighted by atomic mass is 32.2. The molecule has 20 heavy (non-hydrogen) atoms. The molecule has 0 aromatic heterocycles. The van der Waals surface area contributed by atoms with Crippen molar-refractivity contribution in [3.05, 3.63) is 0 Å². The van der Waals surface area contributed by atoms with Crippen molar-refractivity contribution in [1.82, 2.24) is 5.32 Å². The average Bonchev–Trinajstić information content (AvgIpc) is 2.48. The molecular weight excluding hydrogens is 270 g/mol. The predicted octanol–water partition coefficient (Wildman–Crippen LogP) is 2.57. The van der Waals surface area contributed by atoms with E-state index in [1.165, 1.54) is 50.0 Å². The number of ether oxygens (including phenoxy) is 1. The molecule has 0 aromatic rings. The molecule has 3 aliphatic rings. The first kappa shape index (κ1) is 15.1. The summed E-state index contributed by atoms with van der Waals surface area (Å²) in [6, 6.07) is 0.652. The minimum absolute atomic E-state index is 0.0302. The Morgan fingerprint density at radius 3 is 2.60 bits per heavy atom. The minimum Gasteiger partial charge on any atom is -0.393 e. The van der Waals surface area contributed by atoms with E-state index in [2.05, 4.69) is 17.1 Å². The lowest BCUT2D eigenvalue weighted by atomic mass is 9.84. The van der Waals surface area contributed by atoms with E-state index in [1.807, 2.05) is 0 Å². The van der Waals surface area contributed by atoms with Crippen molar-refractivity contribution >= 4 is 11.8 Å².